The van der Waals surface area contributed by atoms with Crippen molar-refractivity contribution in [1.82, 2.24) is 4.90 Å². The van der Waals surface area contributed by atoms with Crippen LogP contribution in [-0.2, 0) is 20.7 Å². The molecule has 0 bridgehead atoms. The number of hydrogen-bond acceptors (Lipinski definition) is 6. The molecule has 0 spiro atoms. The Morgan fingerprint density at radius 3 is 2.54 bits per heavy atom. The summed E-state index contributed by atoms with van der Waals surface area (Å²) in [5.41, 5.74) is 0.884. The van der Waals surface area contributed by atoms with Gasteiger partial charge in [-0.2, -0.15) is 8.78 Å². The molecular formula is C29H32F2N2O6. The molecular weight excluding hydrogens is 510 g/mol. The number of ether oxygens (including phenoxy) is 2. The maximum atomic E-state index is 14.3. The number of fused-ring (bicyclic) bond motifs is 1. The highest BCUT2D eigenvalue weighted by atomic mass is 19.3. The van der Waals surface area contributed by atoms with Crippen molar-refractivity contribution < 1.29 is 37.7 Å². The molecule has 1 saturated carbocycles. The predicted octanol–water partition coefficient (Wildman–Crippen LogP) is 5.03. The molecule has 2 aromatic rings. The fraction of sp³-hybridized carbons (Fsp3) is 0.483. The molecule has 3 aliphatic rings. The van der Waals surface area contributed by atoms with E-state index < -0.39 is 35.9 Å². The first-order valence-corrected chi connectivity index (χ1v) is 13.2. The van der Waals surface area contributed by atoms with Crippen molar-refractivity contribution in [3.05, 3.63) is 53.6 Å². The number of halogens is 2. The van der Waals surface area contributed by atoms with Gasteiger partial charge >= 0.3 is 12.2 Å². The molecule has 10 heteroatoms. The van der Waals surface area contributed by atoms with Gasteiger partial charge in [0.15, 0.2) is 0 Å². The van der Waals surface area contributed by atoms with Gasteiger partial charge < -0.3 is 24.4 Å². The topological polar surface area (TPSA) is 96.4 Å². The van der Waals surface area contributed by atoms with Crippen LogP contribution in [0.5, 0.6) is 11.5 Å². The molecule has 208 valence electrons. The average molecular weight is 543 g/mol. The lowest BCUT2D eigenvalue weighted by Crippen LogP contribution is -2.51. The van der Waals surface area contributed by atoms with E-state index in [9.17, 15) is 28.3 Å². The van der Waals surface area contributed by atoms with E-state index in [-0.39, 0.29) is 35.9 Å². The largest absolute Gasteiger partial charge is 0.508 e. The van der Waals surface area contributed by atoms with Crippen LogP contribution in [0.4, 0.5) is 19.3 Å². The average Bonchev–Trinajstić information content (AvgIpc) is 3.68. The number of phenols is 1. The lowest BCUT2D eigenvalue weighted by Gasteiger charge is -2.40. The molecule has 2 aromatic carbocycles. The van der Waals surface area contributed by atoms with Gasteiger partial charge in [-0.05, 0) is 81.8 Å². The van der Waals surface area contributed by atoms with Gasteiger partial charge in [0, 0.05) is 36.8 Å². The maximum Gasteiger partial charge on any atom is 0.461 e. The van der Waals surface area contributed by atoms with Crippen LogP contribution in [0.2, 0.25) is 0 Å². The minimum absolute atomic E-state index is 0.0843. The summed E-state index contributed by atoms with van der Waals surface area (Å²) in [4.78, 5) is 42.3. The smallest absolute Gasteiger partial charge is 0.461 e. The number of carbonyl (C=O) groups is 3. The Hall–Kier alpha value is -3.69. The van der Waals surface area contributed by atoms with Gasteiger partial charge in [-0.3, -0.25) is 9.59 Å². The molecule has 1 N–H and O–H groups in total. The van der Waals surface area contributed by atoms with Crippen molar-refractivity contribution in [1.29, 1.82) is 0 Å². The molecule has 5 rings (SSSR count). The predicted molar refractivity (Wildman–Crippen MR) is 138 cm³/mol. The number of Topliss-reactive ketones (excluding diaryl/α,β-unsaturated/α-hetero) is 1. The van der Waals surface area contributed by atoms with Gasteiger partial charge in [-0.25, -0.2) is 4.79 Å². The molecule has 2 aliphatic heterocycles. The summed E-state index contributed by atoms with van der Waals surface area (Å²) in [6, 6.07) is 11.2. The molecule has 2 atom stereocenters. The van der Waals surface area contributed by atoms with Gasteiger partial charge in [0.2, 0.25) is 11.7 Å². The van der Waals surface area contributed by atoms with E-state index in [1.165, 1.54) is 6.07 Å². The second-order valence-corrected chi connectivity index (χ2v) is 11.5. The van der Waals surface area contributed by atoms with E-state index in [1.807, 2.05) is 6.07 Å². The van der Waals surface area contributed by atoms with Crippen molar-refractivity contribution in [2.24, 2.45) is 5.92 Å². The highest BCUT2D eigenvalue weighted by Gasteiger charge is 2.47. The Balaban J connectivity index is 1.48. The zero-order valence-corrected chi connectivity index (χ0v) is 22.2. The number of benzene rings is 2. The Labute approximate surface area is 225 Å². The van der Waals surface area contributed by atoms with Crippen molar-refractivity contribution in [3.63, 3.8) is 0 Å². The quantitative estimate of drug-likeness (QED) is 0.583. The van der Waals surface area contributed by atoms with Crippen LogP contribution in [0.25, 0.3) is 0 Å². The number of rotatable bonds is 4. The summed E-state index contributed by atoms with van der Waals surface area (Å²) in [5.74, 6) is -2.47. The molecule has 1 aliphatic carbocycles. The van der Waals surface area contributed by atoms with Crippen molar-refractivity contribution >= 4 is 23.5 Å². The minimum Gasteiger partial charge on any atom is -0.508 e. The maximum absolute atomic E-state index is 14.3. The van der Waals surface area contributed by atoms with Crippen molar-refractivity contribution in [2.75, 3.05) is 18.0 Å². The number of alkyl halides is 2. The zero-order chi connectivity index (χ0) is 28.1. The van der Waals surface area contributed by atoms with E-state index in [1.54, 1.807) is 60.9 Å². The Bertz CT molecular complexity index is 1300. The lowest BCUT2D eigenvalue weighted by molar-refractivity contribution is -0.193. The number of hydrogen-bond donors (Lipinski definition) is 1. The first kappa shape index (κ1) is 26.9. The first-order chi connectivity index (χ1) is 18.3. The number of amides is 2. The number of ketones is 1. The van der Waals surface area contributed by atoms with Crippen molar-refractivity contribution in [2.45, 2.75) is 70.1 Å². The number of carbonyl (C=O) groups excluding carboxylic acids is 3. The SMILES string of the molecule is CC(C)(C)OC(=O)N1CC[C@H](c2cccc(O)c2)[C@@H](C(=O)N(c2ccc3c(c2)CC(=O)C(F)(F)O3)C2CC2)C1. The van der Waals surface area contributed by atoms with Crippen molar-refractivity contribution in [3.8, 4) is 11.5 Å². The summed E-state index contributed by atoms with van der Waals surface area (Å²) in [6.07, 6.45) is -2.84. The van der Waals surface area contributed by atoms with Crippen LogP contribution >= 0.6 is 0 Å². The number of piperidine rings is 1. The third-order valence-electron chi connectivity index (χ3n) is 7.27. The lowest BCUT2D eigenvalue weighted by atomic mass is 9.79. The summed E-state index contributed by atoms with van der Waals surface area (Å²) < 4.78 is 37.8. The number of nitrogens with zero attached hydrogens (tertiary/aromatic N) is 2. The number of phenolic OH excluding ortho intramolecular Hbond substituents is 1. The van der Waals surface area contributed by atoms with Crippen LogP contribution in [0.3, 0.4) is 0 Å². The molecule has 8 nitrogen and oxygen atoms in total. The number of aromatic hydroxyl groups is 1. The summed E-state index contributed by atoms with van der Waals surface area (Å²) in [5, 5.41) is 10.1. The standard InChI is InChI=1S/C29H32F2N2O6/c1-28(2,3)39-27(37)32-12-11-22(17-5-4-6-21(34)14-17)23(16-32)26(36)33(19-7-8-19)20-9-10-24-18(13-20)15-25(35)29(30,31)38-24/h4-6,9-10,13-14,19,22-23,34H,7-8,11-12,15-16H2,1-3H3/t22-,23+/m1/s1. The summed E-state index contributed by atoms with van der Waals surface area (Å²) >= 11 is 0. The summed E-state index contributed by atoms with van der Waals surface area (Å²) in [7, 11) is 0. The van der Waals surface area contributed by atoms with Gasteiger partial charge in [0.1, 0.15) is 17.1 Å². The van der Waals surface area contributed by atoms with Crippen LogP contribution < -0.4 is 9.64 Å². The van der Waals surface area contributed by atoms with Gasteiger partial charge in [-0.1, -0.05) is 12.1 Å². The molecule has 0 unspecified atom stereocenters. The number of likely N-dealkylation sites (tertiary alicyclic amines) is 1. The number of anilines is 1. The third kappa shape index (κ3) is 5.69. The van der Waals surface area contributed by atoms with Gasteiger partial charge in [-0.15, -0.1) is 0 Å². The zero-order valence-electron chi connectivity index (χ0n) is 22.2. The van der Waals surface area contributed by atoms with E-state index in [2.05, 4.69) is 4.74 Å². The van der Waals surface area contributed by atoms with Crippen LogP contribution in [0, 0.1) is 5.92 Å². The Kier molecular flexibility index (Phi) is 6.76. The second-order valence-electron chi connectivity index (χ2n) is 11.5. The van der Waals surface area contributed by atoms with E-state index in [0.29, 0.717) is 24.2 Å². The van der Waals surface area contributed by atoms with Crippen LogP contribution in [-0.4, -0.2) is 58.6 Å². The second kappa shape index (κ2) is 9.81. The first-order valence-electron chi connectivity index (χ1n) is 13.2. The molecule has 0 aromatic heterocycles. The van der Waals surface area contributed by atoms with E-state index in [4.69, 9.17) is 4.74 Å². The fourth-order valence-corrected chi connectivity index (χ4v) is 5.30. The molecule has 2 amide bonds. The Morgan fingerprint density at radius 2 is 1.87 bits per heavy atom. The summed E-state index contributed by atoms with van der Waals surface area (Å²) in [6.45, 7) is 5.85. The Morgan fingerprint density at radius 1 is 1.13 bits per heavy atom. The molecule has 2 fully saturated rings. The monoisotopic (exact) mass is 542 g/mol. The third-order valence-corrected chi connectivity index (χ3v) is 7.27. The van der Waals surface area contributed by atoms with Crippen LogP contribution in [0.15, 0.2) is 42.5 Å². The molecule has 39 heavy (non-hydrogen) atoms. The highest BCUT2D eigenvalue weighted by Crippen LogP contribution is 2.42. The fourth-order valence-electron chi connectivity index (χ4n) is 5.30. The molecule has 2 heterocycles. The van der Waals surface area contributed by atoms with Gasteiger partial charge in [0.05, 0.1) is 5.92 Å². The minimum atomic E-state index is -3.87. The van der Waals surface area contributed by atoms with E-state index in [0.717, 1.165) is 18.4 Å². The molecule has 1 saturated heterocycles. The van der Waals surface area contributed by atoms with E-state index >= 15 is 0 Å². The molecule has 0 radical (unpaired) electrons. The van der Waals surface area contributed by atoms with Crippen LogP contribution in [0.1, 0.15) is 57.1 Å². The normalized spacial score (nSPS) is 22.5. The van der Waals surface area contributed by atoms with Gasteiger partial charge in [0.25, 0.3) is 0 Å². The highest BCUT2D eigenvalue weighted by molar-refractivity contribution is 5.98.